The summed E-state index contributed by atoms with van der Waals surface area (Å²) in [5, 5.41) is 0. The lowest BCUT2D eigenvalue weighted by atomic mass is 10.0. The molecule has 0 fully saturated rings. The lowest BCUT2D eigenvalue weighted by Gasteiger charge is -2.07. The lowest BCUT2D eigenvalue weighted by molar-refractivity contribution is 0.103. The van der Waals surface area contributed by atoms with Gasteiger partial charge in [0, 0.05) is 6.07 Å². The lowest BCUT2D eigenvalue weighted by Crippen LogP contribution is -2.07. The van der Waals surface area contributed by atoms with Crippen molar-refractivity contribution in [2.24, 2.45) is 0 Å². The van der Waals surface area contributed by atoms with Crippen LogP contribution < -0.4 is 4.74 Å². The van der Waals surface area contributed by atoms with E-state index in [2.05, 4.69) is 0 Å². The van der Waals surface area contributed by atoms with Gasteiger partial charge in [-0.05, 0) is 30.7 Å². The van der Waals surface area contributed by atoms with Crippen LogP contribution in [0.2, 0.25) is 0 Å². The molecule has 2 aromatic carbocycles. The van der Waals surface area contributed by atoms with E-state index in [9.17, 15) is 13.6 Å². The summed E-state index contributed by atoms with van der Waals surface area (Å²) in [7, 11) is 1.40. The van der Waals surface area contributed by atoms with E-state index in [0.717, 1.165) is 6.07 Å². The summed E-state index contributed by atoms with van der Waals surface area (Å²) >= 11 is 0. The summed E-state index contributed by atoms with van der Waals surface area (Å²) in [5.74, 6) is -1.73. The van der Waals surface area contributed by atoms with Crippen LogP contribution in [-0.4, -0.2) is 12.9 Å². The molecule has 2 aromatic rings. The molecule has 0 heterocycles. The van der Waals surface area contributed by atoms with Gasteiger partial charge >= 0.3 is 0 Å². The van der Waals surface area contributed by atoms with Crippen LogP contribution in [0, 0.1) is 18.6 Å². The van der Waals surface area contributed by atoms with Crippen LogP contribution in [0.15, 0.2) is 36.4 Å². The van der Waals surface area contributed by atoms with Gasteiger partial charge in [0.15, 0.2) is 5.78 Å². The minimum Gasteiger partial charge on any atom is -0.497 e. The number of ketones is 1. The third-order valence-corrected chi connectivity index (χ3v) is 2.86. The summed E-state index contributed by atoms with van der Waals surface area (Å²) in [6.45, 7) is 1.55. The zero-order valence-electron chi connectivity index (χ0n) is 10.5. The highest BCUT2D eigenvalue weighted by Crippen LogP contribution is 2.21. The van der Waals surface area contributed by atoms with Crippen molar-refractivity contribution in [2.75, 3.05) is 7.11 Å². The number of carbonyl (C=O) groups excluding carboxylic acids is 1. The molecule has 0 aliphatic carbocycles. The molecule has 19 heavy (non-hydrogen) atoms. The van der Waals surface area contributed by atoms with Crippen LogP contribution in [0.25, 0.3) is 0 Å². The first-order chi connectivity index (χ1) is 9.04. The van der Waals surface area contributed by atoms with E-state index in [1.807, 2.05) is 0 Å². The molecular formula is C15H12F2O2. The first kappa shape index (κ1) is 13.2. The number of hydrogen-bond donors (Lipinski definition) is 0. The van der Waals surface area contributed by atoms with Gasteiger partial charge < -0.3 is 4.74 Å². The molecule has 98 valence electrons. The molecule has 2 rings (SSSR count). The molecule has 2 nitrogen and oxygen atoms in total. The van der Waals surface area contributed by atoms with Crippen LogP contribution >= 0.6 is 0 Å². The van der Waals surface area contributed by atoms with E-state index in [4.69, 9.17) is 4.74 Å². The standard InChI is InChI=1S/C15H12F2O2/c1-9-4-3-5-12(14(9)17)15(18)11-7-6-10(19-2)8-13(11)16/h3-8H,1-2H3. The quantitative estimate of drug-likeness (QED) is 0.791. The highest BCUT2D eigenvalue weighted by Gasteiger charge is 2.18. The highest BCUT2D eigenvalue weighted by molar-refractivity contribution is 6.09. The Hall–Kier alpha value is -2.23. The van der Waals surface area contributed by atoms with Gasteiger partial charge in [0.05, 0.1) is 18.2 Å². The number of ether oxygens (including phenoxy) is 1. The number of methoxy groups -OCH3 is 1. The molecule has 0 atom stereocenters. The van der Waals surface area contributed by atoms with E-state index in [-0.39, 0.29) is 11.1 Å². The monoisotopic (exact) mass is 262 g/mol. The van der Waals surface area contributed by atoms with E-state index >= 15 is 0 Å². The Kier molecular flexibility index (Phi) is 3.60. The van der Waals surface area contributed by atoms with E-state index in [0.29, 0.717) is 11.3 Å². The van der Waals surface area contributed by atoms with Crippen LogP contribution in [0.3, 0.4) is 0 Å². The fourth-order valence-electron chi connectivity index (χ4n) is 1.77. The van der Waals surface area contributed by atoms with Crippen molar-refractivity contribution in [3.63, 3.8) is 0 Å². The third kappa shape index (κ3) is 2.47. The van der Waals surface area contributed by atoms with Crippen molar-refractivity contribution < 1.29 is 18.3 Å². The summed E-state index contributed by atoms with van der Waals surface area (Å²) in [6.07, 6.45) is 0. The van der Waals surface area contributed by atoms with Gasteiger partial charge in [-0.2, -0.15) is 0 Å². The predicted octanol–water partition coefficient (Wildman–Crippen LogP) is 3.51. The van der Waals surface area contributed by atoms with E-state index in [1.165, 1.54) is 25.3 Å². The molecule has 0 spiro atoms. The number of carbonyl (C=O) groups is 1. The van der Waals surface area contributed by atoms with Crippen molar-refractivity contribution in [1.29, 1.82) is 0 Å². The molecule has 0 N–H and O–H groups in total. The largest absolute Gasteiger partial charge is 0.497 e. The molecule has 4 heteroatoms. The van der Waals surface area contributed by atoms with Crippen LogP contribution in [0.4, 0.5) is 8.78 Å². The molecule has 0 saturated heterocycles. The van der Waals surface area contributed by atoms with Crippen molar-refractivity contribution >= 4 is 5.78 Å². The Morgan fingerprint density at radius 3 is 2.47 bits per heavy atom. The molecule has 0 aliphatic rings. The SMILES string of the molecule is COc1ccc(C(=O)c2cccc(C)c2F)c(F)c1. The van der Waals surface area contributed by atoms with Crippen molar-refractivity contribution in [3.8, 4) is 5.75 Å². The number of rotatable bonds is 3. The molecule has 0 bridgehead atoms. The zero-order valence-corrected chi connectivity index (χ0v) is 10.5. The van der Waals surface area contributed by atoms with Gasteiger partial charge in [-0.1, -0.05) is 12.1 Å². The Morgan fingerprint density at radius 2 is 1.84 bits per heavy atom. The fraction of sp³-hybridized carbons (Fsp3) is 0.133. The van der Waals surface area contributed by atoms with Gasteiger partial charge in [-0.25, -0.2) is 8.78 Å². The predicted molar refractivity (Wildman–Crippen MR) is 67.5 cm³/mol. The van der Waals surface area contributed by atoms with Gasteiger partial charge in [-0.15, -0.1) is 0 Å². The topological polar surface area (TPSA) is 26.3 Å². The summed E-state index contributed by atoms with van der Waals surface area (Å²) in [5.41, 5.74) is 0.0362. The first-order valence-electron chi connectivity index (χ1n) is 5.68. The summed E-state index contributed by atoms with van der Waals surface area (Å²) in [4.78, 5) is 12.1. The van der Waals surface area contributed by atoms with Crippen molar-refractivity contribution in [3.05, 3.63) is 64.7 Å². The molecule has 0 amide bonds. The molecule has 0 saturated carbocycles. The van der Waals surface area contributed by atoms with Gasteiger partial charge in [0.1, 0.15) is 17.4 Å². The number of aryl methyl sites for hydroxylation is 1. The van der Waals surface area contributed by atoms with Gasteiger partial charge in [-0.3, -0.25) is 4.79 Å². The number of benzene rings is 2. The van der Waals surface area contributed by atoms with Crippen molar-refractivity contribution in [1.82, 2.24) is 0 Å². The Labute approximate surface area is 109 Å². The minimum absolute atomic E-state index is 0.135. The second-order valence-corrected chi connectivity index (χ2v) is 4.11. The highest BCUT2D eigenvalue weighted by atomic mass is 19.1. The Bertz CT molecular complexity index is 636. The average molecular weight is 262 g/mol. The maximum atomic E-state index is 13.8. The van der Waals surface area contributed by atoms with E-state index in [1.54, 1.807) is 19.1 Å². The molecular weight excluding hydrogens is 250 g/mol. The zero-order chi connectivity index (χ0) is 14.0. The smallest absolute Gasteiger partial charge is 0.198 e. The fourth-order valence-corrected chi connectivity index (χ4v) is 1.77. The minimum atomic E-state index is -0.731. The maximum Gasteiger partial charge on any atom is 0.198 e. The maximum absolute atomic E-state index is 13.8. The third-order valence-electron chi connectivity index (χ3n) is 2.86. The second-order valence-electron chi connectivity index (χ2n) is 4.11. The normalized spacial score (nSPS) is 10.3. The number of hydrogen-bond acceptors (Lipinski definition) is 2. The second kappa shape index (κ2) is 5.18. The Balaban J connectivity index is 2.47. The first-order valence-corrected chi connectivity index (χ1v) is 5.68. The van der Waals surface area contributed by atoms with E-state index < -0.39 is 17.4 Å². The van der Waals surface area contributed by atoms with Crippen LogP contribution in [-0.2, 0) is 0 Å². The van der Waals surface area contributed by atoms with Gasteiger partial charge in [0.25, 0.3) is 0 Å². The Morgan fingerprint density at radius 1 is 1.11 bits per heavy atom. The van der Waals surface area contributed by atoms with Crippen LogP contribution in [0.1, 0.15) is 21.5 Å². The van der Waals surface area contributed by atoms with Gasteiger partial charge in [0.2, 0.25) is 0 Å². The molecule has 0 radical (unpaired) electrons. The molecule has 0 aromatic heterocycles. The number of halogens is 2. The van der Waals surface area contributed by atoms with Crippen molar-refractivity contribution in [2.45, 2.75) is 6.92 Å². The van der Waals surface area contributed by atoms with Crippen LogP contribution in [0.5, 0.6) is 5.75 Å². The summed E-state index contributed by atoms with van der Waals surface area (Å²) in [6, 6.07) is 8.31. The average Bonchev–Trinajstić information content (AvgIpc) is 2.41. The molecule has 0 aliphatic heterocycles. The molecule has 0 unspecified atom stereocenters. The summed E-state index contributed by atoms with van der Waals surface area (Å²) < 4.78 is 32.5.